The number of hydrogen-bond donors (Lipinski definition) is 0. The standard InChI is InChI=1S/C32H27ClN2O3S/c1-37-25-14-8-20(9-15-25)18-23-4-3-5-27-29(23)34-32-35(30(27)22-10-16-26(38-2)17-11-22)31(36)28(39-32)19-21-6-12-24(33)13-7-21/h6-19,30H,3-5H2,1-2H3/b23-18+,28-19-. The fourth-order valence-corrected chi connectivity index (χ4v) is 6.38. The highest BCUT2D eigenvalue weighted by molar-refractivity contribution is 7.07. The van der Waals surface area contributed by atoms with Crippen LogP contribution >= 0.6 is 22.9 Å². The molecule has 0 saturated heterocycles. The zero-order valence-corrected chi connectivity index (χ0v) is 23.3. The summed E-state index contributed by atoms with van der Waals surface area (Å²) in [6.45, 7) is 0. The average molecular weight is 555 g/mol. The van der Waals surface area contributed by atoms with Crippen LogP contribution in [0.4, 0.5) is 0 Å². The van der Waals surface area contributed by atoms with Gasteiger partial charge in [0, 0.05) is 5.02 Å². The van der Waals surface area contributed by atoms with E-state index in [9.17, 15) is 4.79 Å². The number of rotatable bonds is 5. The van der Waals surface area contributed by atoms with Crippen LogP contribution in [-0.4, -0.2) is 18.8 Å². The molecule has 2 aliphatic rings. The summed E-state index contributed by atoms with van der Waals surface area (Å²) in [6, 6.07) is 23.4. The van der Waals surface area contributed by atoms with Crippen molar-refractivity contribution < 1.29 is 9.47 Å². The van der Waals surface area contributed by atoms with Crippen molar-refractivity contribution in [3.63, 3.8) is 0 Å². The van der Waals surface area contributed by atoms with Crippen LogP contribution in [0.15, 0.2) is 99.4 Å². The first-order chi connectivity index (χ1) is 19.0. The van der Waals surface area contributed by atoms with Gasteiger partial charge in [-0.2, -0.15) is 0 Å². The maximum absolute atomic E-state index is 13.9. The molecular formula is C32H27ClN2O3S. The predicted octanol–water partition coefficient (Wildman–Crippen LogP) is 6.15. The minimum Gasteiger partial charge on any atom is -0.497 e. The summed E-state index contributed by atoms with van der Waals surface area (Å²) in [5.74, 6) is 1.61. The molecule has 6 rings (SSSR count). The summed E-state index contributed by atoms with van der Waals surface area (Å²) in [4.78, 5) is 19.7. The lowest BCUT2D eigenvalue weighted by Gasteiger charge is -2.31. The Hall–Kier alpha value is -3.87. The molecule has 39 heavy (non-hydrogen) atoms. The maximum Gasteiger partial charge on any atom is 0.271 e. The number of methoxy groups -OCH3 is 2. The Morgan fingerprint density at radius 2 is 1.49 bits per heavy atom. The molecule has 0 saturated carbocycles. The van der Waals surface area contributed by atoms with Crippen LogP contribution < -0.4 is 24.4 Å². The highest BCUT2D eigenvalue weighted by Gasteiger charge is 2.32. The van der Waals surface area contributed by atoms with E-state index in [1.807, 2.05) is 59.2 Å². The molecule has 0 fully saturated rings. The Bertz CT molecular complexity index is 1760. The summed E-state index contributed by atoms with van der Waals surface area (Å²) < 4.78 is 13.2. The predicted molar refractivity (Wildman–Crippen MR) is 157 cm³/mol. The summed E-state index contributed by atoms with van der Waals surface area (Å²) in [5, 5.41) is 0.664. The summed E-state index contributed by atoms with van der Waals surface area (Å²) in [5.41, 5.74) is 6.40. The smallest absolute Gasteiger partial charge is 0.271 e. The van der Waals surface area contributed by atoms with Gasteiger partial charge in [0.1, 0.15) is 11.5 Å². The lowest BCUT2D eigenvalue weighted by atomic mass is 9.84. The lowest BCUT2D eigenvalue weighted by molar-refractivity contribution is 0.414. The number of allylic oxidation sites excluding steroid dienone is 2. The highest BCUT2D eigenvalue weighted by Crippen LogP contribution is 2.41. The average Bonchev–Trinajstić information content (AvgIpc) is 3.28. The Balaban J connectivity index is 1.54. The third-order valence-corrected chi connectivity index (χ3v) is 8.42. The van der Waals surface area contributed by atoms with E-state index < -0.39 is 0 Å². The zero-order chi connectivity index (χ0) is 26.9. The minimum atomic E-state index is -0.228. The second-order valence-electron chi connectivity index (χ2n) is 9.58. The largest absolute Gasteiger partial charge is 0.497 e. The molecule has 2 heterocycles. The molecule has 0 N–H and O–H groups in total. The van der Waals surface area contributed by atoms with Gasteiger partial charge in [-0.05, 0) is 95.6 Å². The third-order valence-electron chi connectivity index (χ3n) is 7.19. The third kappa shape index (κ3) is 4.98. The molecule has 1 aromatic heterocycles. The van der Waals surface area contributed by atoms with E-state index in [0.717, 1.165) is 53.1 Å². The number of benzene rings is 3. The van der Waals surface area contributed by atoms with Crippen LogP contribution in [0.5, 0.6) is 11.5 Å². The summed E-state index contributed by atoms with van der Waals surface area (Å²) in [7, 11) is 3.33. The van der Waals surface area contributed by atoms with E-state index in [-0.39, 0.29) is 11.6 Å². The quantitative estimate of drug-likeness (QED) is 0.297. The van der Waals surface area contributed by atoms with Gasteiger partial charge in [0.2, 0.25) is 0 Å². The molecule has 5 nitrogen and oxygen atoms in total. The van der Waals surface area contributed by atoms with Gasteiger partial charge in [-0.1, -0.05) is 59.3 Å². The topological polar surface area (TPSA) is 52.8 Å². The van der Waals surface area contributed by atoms with E-state index in [0.29, 0.717) is 14.4 Å². The first-order valence-electron chi connectivity index (χ1n) is 12.8. The van der Waals surface area contributed by atoms with Crippen LogP contribution in [0.25, 0.3) is 12.2 Å². The number of hydrogen-bond acceptors (Lipinski definition) is 5. The summed E-state index contributed by atoms with van der Waals surface area (Å²) in [6.07, 6.45) is 6.95. The van der Waals surface area contributed by atoms with Crippen molar-refractivity contribution in [2.45, 2.75) is 25.3 Å². The van der Waals surface area contributed by atoms with Crippen molar-refractivity contribution in [3.05, 3.63) is 131 Å². The molecule has 0 bridgehead atoms. The van der Waals surface area contributed by atoms with Gasteiger partial charge in [-0.15, -0.1) is 0 Å². The second-order valence-corrected chi connectivity index (χ2v) is 11.0. The van der Waals surface area contributed by atoms with Gasteiger partial charge in [0.15, 0.2) is 4.80 Å². The van der Waals surface area contributed by atoms with Gasteiger partial charge < -0.3 is 9.47 Å². The Labute approximate surface area is 235 Å². The number of fused-ring (bicyclic) bond motifs is 1. The van der Waals surface area contributed by atoms with Gasteiger partial charge in [-0.25, -0.2) is 4.99 Å². The molecule has 7 heteroatoms. The number of halogens is 1. The van der Waals surface area contributed by atoms with E-state index >= 15 is 0 Å². The van der Waals surface area contributed by atoms with E-state index in [1.54, 1.807) is 14.2 Å². The van der Waals surface area contributed by atoms with Crippen molar-refractivity contribution >= 4 is 35.1 Å². The monoisotopic (exact) mass is 554 g/mol. The van der Waals surface area contributed by atoms with Crippen molar-refractivity contribution in [2.75, 3.05) is 14.2 Å². The van der Waals surface area contributed by atoms with Gasteiger partial charge >= 0.3 is 0 Å². The molecule has 1 aliphatic carbocycles. The van der Waals surface area contributed by atoms with Crippen molar-refractivity contribution in [3.8, 4) is 11.5 Å². The van der Waals surface area contributed by atoms with Crippen LogP contribution in [0.1, 0.15) is 42.0 Å². The number of nitrogens with zero attached hydrogens (tertiary/aromatic N) is 2. The molecule has 196 valence electrons. The lowest BCUT2D eigenvalue weighted by Crippen LogP contribution is -2.39. The van der Waals surface area contributed by atoms with E-state index in [4.69, 9.17) is 26.1 Å². The van der Waals surface area contributed by atoms with Crippen LogP contribution in [-0.2, 0) is 0 Å². The van der Waals surface area contributed by atoms with E-state index in [2.05, 4.69) is 30.3 Å². The van der Waals surface area contributed by atoms with Crippen molar-refractivity contribution in [1.82, 2.24) is 4.57 Å². The van der Waals surface area contributed by atoms with Crippen LogP contribution in [0.3, 0.4) is 0 Å². The first-order valence-corrected chi connectivity index (χ1v) is 14.0. The molecule has 1 aliphatic heterocycles. The maximum atomic E-state index is 13.9. The molecule has 1 atom stereocenters. The molecular weight excluding hydrogens is 528 g/mol. The van der Waals surface area contributed by atoms with Gasteiger partial charge in [-0.3, -0.25) is 9.36 Å². The van der Waals surface area contributed by atoms with Crippen molar-refractivity contribution in [1.29, 1.82) is 0 Å². The normalized spacial score (nSPS) is 18.0. The van der Waals surface area contributed by atoms with Gasteiger partial charge in [0.25, 0.3) is 5.56 Å². The zero-order valence-electron chi connectivity index (χ0n) is 21.7. The number of aromatic nitrogens is 1. The SMILES string of the molecule is COc1ccc(/C=C2\CCCC3=C2N=c2s/c(=C\c4ccc(Cl)cc4)c(=O)n2C3c2ccc(OC)cc2)cc1. The highest BCUT2D eigenvalue weighted by atomic mass is 35.5. The molecule has 1 unspecified atom stereocenters. The first kappa shape index (κ1) is 25.4. The Morgan fingerprint density at radius 1 is 0.872 bits per heavy atom. The van der Waals surface area contributed by atoms with Crippen LogP contribution in [0.2, 0.25) is 5.02 Å². The molecule has 4 aromatic rings. The molecule has 3 aromatic carbocycles. The van der Waals surface area contributed by atoms with Crippen molar-refractivity contribution in [2.24, 2.45) is 4.99 Å². The molecule has 0 amide bonds. The van der Waals surface area contributed by atoms with Crippen LogP contribution in [0, 0.1) is 0 Å². The minimum absolute atomic E-state index is 0.0349. The van der Waals surface area contributed by atoms with Gasteiger partial charge in [0.05, 0.1) is 30.5 Å². The molecule has 0 spiro atoms. The number of thiazole rings is 1. The Kier molecular flexibility index (Phi) is 6.98. The fourth-order valence-electron chi connectivity index (χ4n) is 5.25. The van der Waals surface area contributed by atoms with E-state index in [1.165, 1.54) is 22.5 Å². The fraction of sp³-hybridized carbons (Fsp3) is 0.188. The second kappa shape index (κ2) is 10.7. The Morgan fingerprint density at radius 3 is 2.15 bits per heavy atom. The summed E-state index contributed by atoms with van der Waals surface area (Å²) >= 11 is 7.50. The number of ether oxygens (including phenoxy) is 2. The molecule has 0 radical (unpaired) electrons.